The lowest BCUT2D eigenvalue weighted by Crippen LogP contribution is -2.15. The standard InChI is InChI=1S/C15H19FN2O/c1-3-17-10-13-7-5-9-18(13)11-12-6-4-8-14(19-2)15(12)16/h4-9,17H,3,10-11H2,1-2H3. The molecule has 0 spiro atoms. The second-order valence-corrected chi connectivity index (χ2v) is 4.34. The van der Waals surface area contributed by atoms with Crippen LogP contribution in [0.5, 0.6) is 5.75 Å². The van der Waals surface area contributed by atoms with Crippen LogP contribution in [0.3, 0.4) is 0 Å². The summed E-state index contributed by atoms with van der Waals surface area (Å²) < 4.78 is 21.1. The summed E-state index contributed by atoms with van der Waals surface area (Å²) in [7, 11) is 1.48. The van der Waals surface area contributed by atoms with Crippen LogP contribution in [0.1, 0.15) is 18.2 Å². The van der Waals surface area contributed by atoms with Gasteiger partial charge in [0.2, 0.25) is 0 Å². The smallest absolute Gasteiger partial charge is 0.170 e. The van der Waals surface area contributed by atoms with Crippen LogP contribution >= 0.6 is 0 Å². The summed E-state index contributed by atoms with van der Waals surface area (Å²) in [5, 5.41) is 3.27. The van der Waals surface area contributed by atoms with Gasteiger partial charge in [-0.2, -0.15) is 0 Å². The number of nitrogens with one attached hydrogen (secondary N) is 1. The number of aromatic nitrogens is 1. The molecule has 3 nitrogen and oxygen atoms in total. The zero-order valence-electron chi connectivity index (χ0n) is 11.3. The van der Waals surface area contributed by atoms with E-state index in [0.29, 0.717) is 12.1 Å². The van der Waals surface area contributed by atoms with Crippen LogP contribution < -0.4 is 10.1 Å². The molecule has 4 heteroatoms. The minimum atomic E-state index is -0.284. The van der Waals surface area contributed by atoms with Crippen molar-refractivity contribution in [2.75, 3.05) is 13.7 Å². The van der Waals surface area contributed by atoms with Crippen molar-refractivity contribution < 1.29 is 9.13 Å². The average Bonchev–Trinajstić information content (AvgIpc) is 2.86. The van der Waals surface area contributed by atoms with Crippen LogP contribution in [-0.4, -0.2) is 18.2 Å². The number of hydrogen-bond donors (Lipinski definition) is 1. The fourth-order valence-electron chi connectivity index (χ4n) is 2.04. The molecule has 0 saturated carbocycles. The predicted molar refractivity (Wildman–Crippen MR) is 73.9 cm³/mol. The third kappa shape index (κ3) is 3.15. The van der Waals surface area contributed by atoms with Crippen LogP contribution in [0.15, 0.2) is 36.5 Å². The first-order valence-electron chi connectivity index (χ1n) is 6.42. The average molecular weight is 262 g/mol. The molecule has 102 valence electrons. The zero-order valence-corrected chi connectivity index (χ0v) is 11.3. The third-order valence-electron chi connectivity index (χ3n) is 3.08. The van der Waals surface area contributed by atoms with E-state index in [4.69, 9.17) is 4.74 Å². The number of ether oxygens (including phenoxy) is 1. The van der Waals surface area contributed by atoms with Crippen LogP contribution in [0, 0.1) is 5.82 Å². The van der Waals surface area contributed by atoms with Crippen LogP contribution in [0.25, 0.3) is 0 Å². The van der Waals surface area contributed by atoms with E-state index >= 15 is 0 Å². The summed E-state index contributed by atoms with van der Waals surface area (Å²) >= 11 is 0. The van der Waals surface area contributed by atoms with Gasteiger partial charge in [-0.05, 0) is 24.7 Å². The molecule has 2 rings (SSSR count). The highest BCUT2D eigenvalue weighted by atomic mass is 19.1. The quantitative estimate of drug-likeness (QED) is 0.866. The van der Waals surface area contributed by atoms with Crippen molar-refractivity contribution >= 4 is 0 Å². The molecular formula is C15H19FN2O. The Bertz CT molecular complexity index is 537. The lowest BCUT2D eigenvalue weighted by molar-refractivity contribution is 0.383. The van der Waals surface area contributed by atoms with Crippen molar-refractivity contribution in [1.29, 1.82) is 0 Å². The van der Waals surface area contributed by atoms with Crippen LogP contribution in [-0.2, 0) is 13.1 Å². The van der Waals surface area contributed by atoms with E-state index in [-0.39, 0.29) is 11.6 Å². The Labute approximate surface area is 113 Å². The molecule has 1 aromatic heterocycles. The van der Waals surface area contributed by atoms with Gasteiger partial charge in [0.05, 0.1) is 13.7 Å². The number of rotatable bonds is 6. The topological polar surface area (TPSA) is 26.2 Å². The van der Waals surface area contributed by atoms with Gasteiger partial charge in [0.25, 0.3) is 0 Å². The molecule has 0 amide bonds. The number of methoxy groups -OCH3 is 1. The molecule has 0 aliphatic carbocycles. The molecule has 0 bridgehead atoms. The van der Waals surface area contributed by atoms with Crippen LogP contribution in [0.4, 0.5) is 4.39 Å². The first-order chi connectivity index (χ1) is 9.26. The highest BCUT2D eigenvalue weighted by molar-refractivity contribution is 5.31. The van der Waals surface area contributed by atoms with Crippen molar-refractivity contribution in [3.05, 3.63) is 53.6 Å². The Kier molecular flexibility index (Phi) is 4.58. The molecule has 0 fully saturated rings. The second kappa shape index (κ2) is 6.38. The van der Waals surface area contributed by atoms with E-state index in [0.717, 1.165) is 18.8 Å². The number of nitrogens with zero attached hydrogens (tertiary/aromatic N) is 1. The Balaban J connectivity index is 2.19. The lowest BCUT2D eigenvalue weighted by atomic mass is 10.2. The summed E-state index contributed by atoms with van der Waals surface area (Å²) in [5.41, 5.74) is 1.78. The van der Waals surface area contributed by atoms with E-state index in [1.165, 1.54) is 7.11 Å². The van der Waals surface area contributed by atoms with Gasteiger partial charge >= 0.3 is 0 Å². The van der Waals surface area contributed by atoms with Gasteiger partial charge in [0.1, 0.15) is 0 Å². The Morgan fingerprint density at radius 3 is 2.84 bits per heavy atom. The SMILES string of the molecule is CCNCc1cccn1Cc1cccc(OC)c1F. The molecule has 0 atom stereocenters. The first kappa shape index (κ1) is 13.6. The van der Waals surface area contributed by atoms with Gasteiger partial charge in [0, 0.05) is 24.0 Å². The van der Waals surface area contributed by atoms with Gasteiger partial charge in [-0.3, -0.25) is 0 Å². The minimum absolute atomic E-state index is 0.284. The number of halogens is 1. The summed E-state index contributed by atoms with van der Waals surface area (Å²) in [6.45, 7) is 4.28. The Hall–Kier alpha value is -1.81. The molecule has 0 aliphatic rings. The molecule has 1 aromatic carbocycles. The fraction of sp³-hybridized carbons (Fsp3) is 0.333. The lowest BCUT2D eigenvalue weighted by Gasteiger charge is -2.12. The highest BCUT2D eigenvalue weighted by Gasteiger charge is 2.09. The Morgan fingerprint density at radius 2 is 2.11 bits per heavy atom. The van der Waals surface area contributed by atoms with Gasteiger partial charge < -0.3 is 14.6 Å². The van der Waals surface area contributed by atoms with Gasteiger partial charge in [-0.25, -0.2) is 4.39 Å². The highest BCUT2D eigenvalue weighted by Crippen LogP contribution is 2.21. The maximum Gasteiger partial charge on any atom is 0.170 e. The summed E-state index contributed by atoms with van der Waals surface area (Å²) in [5.74, 6) is 0.00555. The van der Waals surface area contributed by atoms with Crippen molar-refractivity contribution in [3.63, 3.8) is 0 Å². The van der Waals surface area contributed by atoms with Gasteiger partial charge in [0.15, 0.2) is 11.6 Å². The normalized spacial score (nSPS) is 10.7. The van der Waals surface area contributed by atoms with Gasteiger partial charge in [-0.15, -0.1) is 0 Å². The van der Waals surface area contributed by atoms with Crippen molar-refractivity contribution in [2.45, 2.75) is 20.0 Å². The zero-order chi connectivity index (χ0) is 13.7. The third-order valence-corrected chi connectivity index (χ3v) is 3.08. The first-order valence-corrected chi connectivity index (χ1v) is 6.42. The molecule has 19 heavy (non-hydrogen) atoms. The van der Waals surface area contributed by atoms with E-state index in [2.05, 4.69) is 12.2 Å². The van der Waals surface area contributed by atoms with Crippen molar-refractivity contribution in [1.82, 2.24) is 9.88 Å². The monoisotopic (exact) mass is 262 g/mol. The molecule has 0 aliphatic heterocycles. The van der Waals surface area contributed by atoms with E-state index in [1.807, 2.05) is 29.0 Å². The van der Waals surface area contributed by atoms with E-state index < -0.39 is 0 Å². The number of hydrogen-bond acceptors (Lipinski definition) is 2. The largest absolute Gasteiger partial charge is 0.494 e. The molecule has 0 saturated heterocycles. The number of benzene rings is 1. The fourth-order valence-corrected chi connectivity index (χ4v) is 2.04. The summed E-state index contributed by atoms with van der Waals surface area (Å²) in [6.07, 6.45) is 1.96. The molecule has 1 heterocycles. The molecule has 0 unspecified atom stereocenters. The van der Waals surface area contributed by atoms with Crippen molar-refractivity contribution in [2.24, 2.45) is 0 Å². The summed E-state index contributed by atoms with van der Waals surface area (Å²) in [6, 6.07) is 9.25. The van der Waals surface area contributed by atoms with E-state index in [9.17, 15) is 4.39 Å². The van der Waals surface area contributed by atoms with Gasteiger partial charge in [-0.1, -0.05) is 19.1 Å². The molecule has 0 radical (unpaired) electrons. The van der Waals surface area contributed by atoms with E-state index in [1.54, 1.807) is 12.1 Å². The van der Waals surface area contributed by atoms with Crippen molar-refractivity contribution in [3.8, 4) is 5.75 Å². The molecular weight excluding hydrogens is 243 g/mol. The maximum absolute atomic E-state index is 14.1. The Morgan fingerprint density at radius 1 is 1.26 bits per heavy atom. The second-order valence-electron chi connectivity index (χ2n) is 4.34. The minimum Gasteiger partial charge on any atom is -0.494 e. The van der Waals surface area contributed by atoms with Crippen LogP contribution in [0.2, 0.25) is 0 Å². The summed E-state index contributed by atoms with van der Waals surface area (Å²) in [4.78, 5) is 0. The molecule has 2 aromatic rings. The predicted octanol–water partition coefficient (Wildman–Crippen LogP) is 2.79. The maximum atomic E-state index is 14.1. The molecule has 1 N–H and O–H groups in total.